The summed E-state index contributed by atoms with van der Waals surface area (Å²) >= 11 is 6.01. The molecule has 0 spiro atoms. The first-order chi connectivity index (χ1) is 13.9. The maximum Gasteiger partial charge on any atom is 0.308 e. The second-order valence-corrected chi connectivity index (χ2v) is 11.2. The largest absolute Gasteiger partial charge is 0.481 e. The summed E-state index contributed by atoms with van der Waals surface area (Å²) in [6.07, 6.45) is 2.30. The van der Waals surface area contributed by atoms with Gasteiger partial charge in [0.2, 0.25) is 11.8 Å². The van der Waals surface area contributed by atoms with Gasteiger partial charge in [-0.15, -0.1) is 11.3 Å². The van der Waals surface area contributed by atoms with Crippen LogP contribution in [-0.4, -0.2) is 35.0 Å². The zero-order chi connectivity index (χ0) is 22.6. The number of rotatable bonds is 10. The molecule has 1 aliphatic rings. The minimum Gasteiger partial charge on any atom is -0.481 e. The van der Waals surface area contributed by atoms with Gasteiger partial charge in [-0.1, -0.05) is 40.7 Å². The molecule has 3 N–H and O–H groups in total. The second kappa shape index (κ2) is 10.2. The molecule has 168 valence electrons. The van der Waals surface area contributed by atoms with Crippen LogP contribution in [0.1, 0.15) is 64.0 Å². The summed E-state index contributed by atoms with van der Waals surface area (Å²) < 4.78 is 0. The predicted octanol–water partition coefficient (Wildman–Crippen LogP) is 3.89. The van der Waals surface area contributed by atoms with Gasteiger partial charge >= 0.3 is 5.97 Å². The van der Waals surface area contributed by atoms with Crippen molar-refractivity contribution in [2.45, 2.75) is 71.2 Å². The van der Waals surface area contributed by atoms with Gasteiger partial charge in [-0.2, -0.15) is 12.6 Å². The first-order valence-corrected chi connectivity index (χ1v) is 11.9. The molecule has 2 amide bonds. The molecule has 4 atom stereocenters. The van der Waals surface area contributed by atoms with Crippen molar-refractivity contribution in [3.63, 3.8) is 0 Å². The van der Waals surface area contributed by atoms with Crippen LogP contribution < -0.4 is 10.6 Å². The number of carboxylic acids is 1. The maximum absolute atomic E-state index is 13.4. The Morgan fingerprint density at radius 3 is 2.30 bits per heavy atom. The van der Waals surface area contributed by atoms with E-state index >= 15 is 0 Å². The summed E-state index contributed by atoms with van der Waals surface area (Å²) in [6.45, 7) is 9.59. The Labute approximate surface area is 188 Å². The summed E-state index contributed by atoms with van der Waals surface area (Å²) in [6, 6.07) is 3.12. The molecular weight excluding hydrogens is 420 g/mol. The molecule has 1 heterocycles. The lowest BCUT2D eigenvalue weighted by molar-refractivity contribution is -0.148. The molecule has 0 aliphatic heterocycles. The minimum absolute atomic E-state index is 0.111. The van der Waals surface area contributed by atoms with Crippen LogP contribution >= 0.6 is 24.0 Å². The fourth-order valence-corrected chi connectivity index (χ4v) is 4.89. The van der Waals surface area contributed by atoms with Gasteiger partial charge in [-0.25, -0.2) is 0 Å². The molecule has 6 nitrogen and oxygen atoms in total. The molecule has 0 saturated heterocycles. The summed E-state index contributed by atoms with van der Waals surface area (Å²) in [4.78, 5) is 39.2. The van der Waals surface area contributed by atoms with Crippen LogP contribution in [0.4, 0.5) is 0 Å². The lowest BCUT2D eigenvalue weighted by Crippen LogP contribution is -2.56. The molecule has 30 heavy (non-hydrogen) atoms. The molecule has 0 aromatic carbocycles. The molecule has 1 fully saturated rings. The van der Waals surface area contributed by atoms with Gasteiger partial charge in [-0.05, 0) is 42.0 Å². The average Bonchev–Trinajstić information content (AvgIpc) is 3.25. The highest BCUT2D eigenvalue weighted by atomic mass is 32.1. The number of amides is 2. The lowest BCUT2D eigenvalue weighted by Gasteiger charge is -2.34. The lowest BCUT2D eigenvalue weighted by atomic mass is 9.80. The van der Waals surface area contributed by atoms with Crippen LogP contribution in [0.25, 0.3) is 0 Å². The maximum atomic E-state index is 13.4. The van der Waals surface area contributed by atoms with Crippen LogP contribution in [-0.2, 0) is 14.4 Å². The number of nitrogens with one attached hydrogen (secondary N) is 2. The van der Waals surface area contributed by atoms with Crippen molar-refractivity contribution in [2.75, 3.05) is 0 Å². The van der Waals surface area contributed by atoms with Crippen molar-refractivity contribution < 1.29 is 19.5 Å². The first kappa shape index (κ1) is 24.7. The molecule has 1 aliphatic carbocycles. The quantitative estimate of drug-likeness (QED) is 0.403. The normalized spacial score (nSPS) is 18.4. The summed E-state index contributed by atoms with van der Waals surface area (Å²) in [5.74, 6) is -3.36. The van der Waals surface area contributed by atoms with Gasteiger partial charge in [0.15, 0.2) is 0 Å². The van der Waals surface area contributed by atoms with Crippen molar-refractivity contribution in [1.29, 1.82) is 0 Å². The SMILES string of the molecule is CC(C)CC(C(=O)NC(C(=O)NC1CC1)C(C)(C)C)C(C(=O)O)C(S)c1cccs1. The van der Waals surface area contributed by atoms with E-state index in [1.165, 1.54) is 11.3 Å². The van der Waals surface area contributed by atoms with E-state index in [4.69, 9.17) is 0 Å². The number of hydrogen-bond acceptors (Lipinski definition) is 5. The Kier molecular flexibility index (Phi) is 8.39. The van der Waals surface area contributed by atoms with E-state index in [2.05, 4.69) is 23.3 Å². The fourth-order valence-electron chi connectivity index (χ4n) is 3.53. The third kappa shape index (κ3) is 6.74. The smallest absolute Gasteiger partial charge is 0.308 e. The van der Waals surface area contributed by atoms with Crippen molar-refractivity contribution >= 4 is 41.7 Å². The van der Waals surface area contributed by atoms with Crippen molar-refractivity contribution in [3.8, 4) is 0 Å². The van der Waals surface area contributed by atoms with Crippen molar-refractivity contribution in [3.05, 3.63) is 22.4 Å². The Hall–Kier alpha value is -1.54. The topological polar surface area (TPSA) is 95.5 Å². The number of thiophene rings is 1. The molecule has 1 saturated carbocycles. The van der Waals surface area contributed by atoms with Crippen LogP contribution in [0.2, 0.25) is 0 Å². The highest BCUT2D eigenvalue weighted by Crippen LogP contribution is 2.39. The first-order valence-electron chi connectivity index (χ1n) is 10.5. The molecule has 0 radical (unpaired) electrons. The highest BCUT2D eigenvalue weighted by Gasteiger charge is 2.42. The van der Waals surface area contributed by atoms with E-state index in [9.17, 15) is 19.5 Å². The van der Waals surface area contributed by atoms with E-state index < -0.39 is 40.4 Å². The van der Waals surface area contributed by atoms with Gasteiger partial charge in [0.1, 0.15) is 6.04 Å². The van der Waals surface area contributed by atoms with Gasteiger partial charge in [0.25, 0.3) is 0 Å². The molecule has 1 aromatic rings. The number of carbonyl (C=O) groups excluding carboxylic acids is 2. The highest BCUT2D eigenvalue weighted by molar-refractivity contribution is 7.80. The Bertz CT molecular complexity index is 739. The van der Waals surface area contributed by atoms with Gasteiger partial charge in [0.05, 0.1) is 17.1 Å². The van der Waals surface area contributed by atoms with E-state index in [0.29, 0.717) is 6.42 Å². The van der Waals surface area contributed by atoms with Gasteiger partial charge in [0, 0.05) is 10.9 Å². The molecule has 2 rings (SSSR count). The number of hydrogen-bond donors (Lipinski definition) is 4. The minimum atomic E-state index is -1.06. The van der Waals surface area contributed by atoms with Crippen LogP contribution in [0, 0.1) is 23.2 Å². The third-order valence-electron chi connectivity index (χ3n) is 5.29. The molecule has 0 bridgehead atoms. The zero-order valence-electron chi connectivity index (χ0n) is 18.3. The summed E-state index contributed by atoms with van der Waals surface area (Å²) in [7, 11) is 0. The van der Waals surface area contributed by atoms with Gasteiger partial charge < -0.3 is 15.7 Å². The third-order valence-corrected chi connectivity index (χ3v) is 7.02. The molecule has 8 heteroatoms. The number of thiol groups is 1. The zero-order valence-corrected chi connectivity index (χ0v) is 20.1. The molecule has 4 unspecified atom stereocenters. The number of carbonyl (C=O) groups is 3. The number of carboxylic acid groups (broad SMARTS) is 1. The van der Waals surface area contributed by atoms with Crippen LogP contribution in [0.3, 0.4) is 0 Å². The Morgan fingerprint density at radius 2 is 1.87 bits per heavy atom. The van der Waals surface area contributed by atoms with Crippen LogP contribution in [0.5, 0.6) is 0 Å². The monoisotopic (exact) mass is 454 g/mol. The Balaban J connectivity index is 2.29. The van der Waals surface area contributed by atoms with Gasteiger partial charge in [-0.3, -0.25) is 14.4 Å². The fraction of sp³-hybridized carbons (Fsp3) is 0.682. The van der Waals surface area contributed by atoms with E-state index in [0.717, 1.165) is 17.7 Å². The van der Waals surface area contributed by atoms with E-state index in [-0.39, 0.29) is 17.9 Å². The predicted molar refractivity (Wildman–Crippen MR) is 123 cm³/mol. The van der Waals surface area contributed by atoms with Crippen molar-refractivity contribution in [2.24, 2.45) is 23.2 Å². The average molecular weight is 455 g/mol. The number of aliphatic carboxylic acids is 1. The Morgan fingerprint density at radius 1 is 1.23 bits per heavy atom. The van der Waals surface area contributed by atoms with E-state index in [1.54, 1.807) is 0 Å². The van der Waals surface area contributed by atoms with E-state index in [1.807, 2.05) is 52.1 Å². The molecule has 1 aromatic heterocycles. The summed E-state index contributed by atoms with van der Waals surface area (Å²) in [5, 5.41) is 17.1. The van der Waals surface area contributed by atoms with Crippen molar-refractivity contribution in [1.82, 2.24) is 10.6 Å². The standard InChI is InChI=1S/C22H34N2O4S2/c1-12(2)11-14(16(21(27)28)17(29)15-7-6-10-30-15)19(25)24-18(22(3,4)5)20(26)23-13-8-9-13/h6-7,10,12-14,16-18,29H,8-9,11H2,1-5H3,(H,23,26)(H,24,25)(H,27,28). The second-order valence-electron chi connectivity index (χ2n) is 9.65. The molecular formula is C22H34N2O4S2. The van der Waals surface area contributed by atoms with Crippen LogP contribution in [0.15, 0.2) is 17.5 Å². The summed E-state index contributed by atoms with van der Waals surface area (Å²) in [5.41, 5.74) is -0.510.